The molecule has 5 aromatic rings. The first-order valence-electron chi connectivity index (χ1n) is 9.51. The molecule has 5 rings (SSSR count). The van der Waals surface area contributed by atoms with Crippen molar-refractivity contribution in [1.29, 1.82) is 0 Å². The average Bonchev–Trinajstić information content (AvgIpc) is 3.29. The van der Waals surface area contributed by atoms with Crippen molar-refractivity contribution in [2.75, 3.05) is 0 Å². The van der Waals surface area contributed by atoms with Crippen molar-refractivity contribution in [2.24, 2.45) is 7.05 Å². The molecule has 0 spiro atoms. The molecule has 0 saturated heterocycles. The van der Waals surface area contributed by atoms with Crippen molar-refractivity contribution in [3.63, 3.8) is 0 Å². The molecule has 0 bridgehead atoms. The minimum atomic E-state index is 0.779. The number of aromatic nitrogens is 5. The first-order chi connectivity index (χ1) is 13.7. The predicted octanol–water partition coefficient (Wildman–Crippen LogP) is 4.38. The zero-order chi connectivity index (χ0) is 19.1. The molecule has 0 aliphatic rings. The minimum absolute atomic E-state index is 0.779. The van der Waals surface area contributed by atoms with Crippen LogP contribution < -0.4 is 0 Å². The van der Waals surface area contributed by atoms with Gasteiger partial charge in [0, 0.05) is 37.0 Å². The van der Waals surface area contributed by atoms with Crippen molar-refractivity contribution in [3.8, 4) is 11.3 Å². The molecule has 0 aliphatic carbocycles. The highest BCUT2D eigenvalue weighted by molar-refractivity contribution is 5.93. The number of rotatable bonds is 4. The summed E-state index contributed by atoms with van der Waals surface area (Å²) in [6, 6.07) is 20.7. The van der Waals surface area contributed by atoms with Crippen LogP contribution in [0, 0.1) is 6.92 Å². The molecule has 0 atom stereocenters. The Kier molecular flexibility index (Phi) is 3.93. The summed E-state index contributed by atoms with van der Waals surface area (Å²) in [5.74, 6) is 2.01. The van der Waals surface area contributed by atoms with Crippen molar-refractivity contribution in [3.05, 3.63) is 84.2 Å². The molecule has 28 heavy (non-hydrogen) atoms. The summed E-state index contributed by atoms with van der Waals surface area (Å²) in [6.45, 7) is 2.02. The summed E-state index contributed by atoms with van der Waals surface area (Å²) in [6.07, 6.45) is 3.68. The molecule has 5 nitrogen and oxygen atoms in total. The van der Waals surface area contributed by atoms with Crippen LogP contribution in [-0.2, 0) is 19.9 Å². The van der Waals surface area contributed by atoms with Crippen LogP contribution in [0.25, 0.3) is 27.7 Å². The van der Waals surface area contributed by atoms with Gasteiger partial charge in [-0.25, -0.2) is 14.5 Å². The summed E-state index contributed by atoms with van der Waals surface area (Å²) in [4.78, 5) is 9.74. The van der Waals surface area contributed by atoms with E-state index in [0.29, 0.717) is 0 Å². The second-order valence-corrected chi connectivity index (χ2v) is 7.15. The summed E-state index contributed by atoms with van der Waals surface area (Å²) < 4.78 is 4.09. The van der Waals surface area contributed by atoms with E-state index >= 15 is 0 Å². The third-order valence-corrected chi connectivity index (χ3v) is 5.12. The van der Waals surface area contributed by atoms with Gasteiger partial charge < -0.3 is 4.57 Å². The summed E-state index contributed by atoms with van der Waals surface area (Å²) in [7, 11) is 2.05. The number of aryl methyl sites for hydroxylation is 4. The number of fused-ring (bicyclic) bond motifs is 3. The Balaban J connectivity index is 1.50. The Morgan fingerprint density at radius 2 is 1.61 bits per heavy atom. The fraction of sp³-hybridized carbons (Fsp3) is 0.174. The molecule has 3 heterocycles. The van der Waals surface area contributed by atoms with Crippen LogP contribution in [0.1, 0.15) is 17.3 Å². The van der Waals surface area contributed by atoms with Gasteiger partial charge in [-0.3, -0.25) is 0 Å². The second kappa shape index (κ2) is 6.60. The maximum absolute atomic E-state index is 4.89. The van der Waals surface area contributed by atoms with Gasteiger partial charge in [-0.2, -0.15) is 5.10 Å². The number of benzene rings is 2. The molecular weight excluding hydrogens is 346 g/mol. The Bertz CT molecular complexity index is 1280. The zero-order valence-corrected chi connectivity index (χ0v) is 16.0. The van der Waals surface area contributed by atoms with Gasteiger partial charge in [-0.15, -0.1) is 0 Å². The monoisotopic (exact) mass is 367 g/mol. The van der Waals surface area contributed by atoms with E-state index in [4.69, 9.17) is 9.97 Å². The maximum atomic E-state index is 4.89. The molecule has 0 aliphatic heterocycles. The summed E-state index contributed by atoms with van der Waals surface area (Å²) in [5, 5.41) is 5.81. The van der Waals surface area contributed by atoms with Crippen molar-refractivity contribution < 1.29 is 0 Å². The van der Waals surface area contributed by atoms with Gasteiger partial charge in [0.05, 0.1) is 22.4 Å². The maximum Gasteiger partial charge on any atom is 0.131 e. The lowest BCUT2D eigenvalue weighted by Crippen LogP contribution is -2.07. The lowest BCUT2D eigenvalue weighted by atomic mass is 10.2. The summed E-state index contributed by atoms with van der Waals surface area (Å²) in [5.41, 5.74) is 5.27. The molecule has 0 N–H and O–H groups in total. The summed E-state index contributed by atoms with van der Waals surface area (Å²) >= 11 is 0. The smallest absolute Gasteiger partial charge is 0.131 e. The highest BCUT2D eigenvalue weighted by Crippen LogP contribution is 2.22. The molecule has 2 aromatic carbocycles. The fourth-order valence-electron chi connectivity index (χ4n) is 3.73. The Morgan fingerprint density at radius 3 is 2.46 bits per heavy atom. The number of nitrogens with zero attached hydrogens (tertiary/aromatic N) is 5. The number of para-hydroxylation sites is 1. The van der Waals surface area contributed by atoms with Gasteiger partial charge in [-0.05, 0) is 19.1 Å². The Hall–Kier alpha value is -3.47. The normalized spacial score (nSPS) is 11.5. The SMILES string of the molecule is Cc1cc2c3ccccc3nc(CCc3nc(-c4ccccc4)cn3C)n2n1. The number of hydrogen-bond donors (Lipinski definition) is 0. The first kappa shape index (κ1) is 16.7. The van der Waals surface area contributed by atoms with E-state index in [2.05, 4.69) is 53.2 Å². The topological polar surface area (TPSA) is 48.0 Å². The third-order valence-electron chi connectivity index (χ3n) is 5.12. The van der Waals surface area contributed by atoms with Gasteiger partial charge in [0.25, 0.3) is 0 Å². The van der Waals surface area contributed by atoms with E-state index in [0.717, 1.165) is 57.9 Å². The van der Waals surface area contributed by atoms with Crippen molar-refractivity contribution >= 4 is 16.4 Å². The second-order valence-electron chi connectivity index (χ2n) is 7.15. The highest BCUT2D eigenvalue weighted by Gasteiger charge is 2.13. The van der Waals surface area contributed by atoms with Crippen LogP contribution in [0.5, 0.6) is 0 Å². The van der Waals surface area contributed by atoms with Crippen LogP contribution in [0.3, 0.4) is 0 Å². The number of hydrogen-bond acceptors (Lipinski definition) is 3. The van der Waals surface area contributed by atoms with E-state index in [-0.39, 0.29) is 0 Å². The van der Waals surface area contributed by atoms with Crippen LogP contribution in [0.4, 0.5) is 0 Å². The highest BCUT2D eigenvalue weighted by atomic mass is 15.3. The Morgan fingerprint density at radius 1 is 0.857 bits per heavy atom. The van der Waals surface area contributed by atoms with Crippen LogP contribution in [0.2, 0.25) is 0 Å². The van der Waals surface area contributed by atoms with E-state index in [1.54, 1.807) is 0 Å². The van der Waals surface area contributed by atoms with E-state index in [9.17, 15) is 0 Å². The molecule has 138 valence electrons. The van der Waals surface area contributed by atoms with Crippen molar-refractivity contribution in [2.45, 2.75) is 19.8 Å². The Labute approximate surface area is 163 Å². The van der Waals surface area contributed by atoms with E-state index < -0.39 is 0 Å². The fourth-order valence-corrected chi connectivity index (χ4v) is 3.73. The predicted molar refractivity (Wildman–Crippen MR) is 111 cm³/mol. The molecule has 0 unspecified atom stereocenters. The lowest BCUT2D eigenvalue weighted by molar-refractivity contribution is 0.721. The molecular formula is C23H21N5. The molecule has 0 amide bonds. The van der Waals surface area contributed by atoms with Crippen LogP contribution in [-0.4, -0.2) is 24.1 Å². The van der Waals surface area contributed by atoms with Gasteiger partial charge in [0.15, 0.2) is 0 Å². The van der Waals surface area contributed by atoms with E-state index in [1.165, 1.54) is 0 Å². The van der Waals surface area contributed by atoms with Gasteiger partial charge in [-0.1, -0.05) is 48.5 Å². The zero-order valence-electron chi connectivity index (χ0n) is 16.0. The largest absolute Gasteiger partial charge is 0.337 e. The quantitative estimate of drug-likeness (QED) is 0.474. The molecule has 5 heteroatoms. The standard InChI is InChI=1S/C23H21N5/c1-16-14-21-18-10-6-7-11-19(18)24-23(28(21)26-16)13-12-22-25-20(15-27(22)2)17-8-4-3-5-9-17/h3-11,14-15H,12-13H2,1-2H3. The average molecular weight is 367 g/mol. The van der Waals surface area contributed by atoms with Crippen LogP contribution in [0.15, 0.2) is 66.9 Å². The number of imidazole rings is 1. The van der Waals surface area contributed by atoms with E-state index in [1.807, 2.05) is 41.8 Å². The van der Waals surface area contributed by atoms with Gasteiger partial charge in [0.2, 0.25) is 0 Å². The minimum Gasteiger partial charge on any atom is -0.337 e. The molecule has 0 radical (unpaired) electrons. The van der Waals surface area contributed by atoms with Crippen molar-refractivity contribution in [1.82, 2.24) is 24.1 Å². The van der Waals surface area contributed by atoms with Gasteiger partial charge in [0.1, 0.15) is 11.6 Å². The third kappa shape index (κ3) is 2.85. The van der Waals surface area contributed by atoms with Crippen LogP contribution >= 0.6 is 0 Å². The molecule has 0 saturated carbocycles. The first-order valence-corrected chi connectivity index (χ1v) is 9.51. The molecule has 0 fully saturated rings. The lowest BCUT2D eigenvalue weighted by Gasteiger charge is -2.07. The van der Waals surface area contributed by atoms with Gasteiger partial charge >= 0.3 is 0 Å². The molecule has 3 aromatic heterocycles.